The van der Waals surface area contributed by atoms with Crippen molar-refractivity contribution < 1.29 is 19.1 Å². The average molecular weight is 413 g/mol. The SMILES string of the molecule is CC(C)c1ccc(NC(=O)C(COCc2ccccc2)NC(=O)OC(C)(C)C)cc1. The van der Waals surface area contributed by atoms with E-state index in [9.17, 15) is 9.59 Å². The molecule has 0 aliphatic rings. The highest BCUT2D eigenvalue weighted by atomic mass is 16.6. The number of hydrogen-bond donors (Lipinski definition) is 2. The number of anilines is 1. The standard InChI is InChI=1S/C24H32N2O4/c1-17(2)19-11-13-20(14-12-19)25-22(27)21(26-23(28)30-24(3,4)5)16-29-15-18-9-7-6-8-10-18/h6-14,17,21H,15-16H2,1-5H3,(H,25,27)(H,26,28). The van der Waals surface area contributed by atoms with Gasteiger partial charge < -0.3 is 20.1 Å². The van der Waals surface area contributed by atoms with Crippen molar-refractivity contribution >= 4 is 17.7 Å². The van der Waals surface area contributed by atoms with E-state index in [1.807, 2.05) is 54.6 Å². The van der Waals surface area contributed by atoms with E-state index < -0.39 is 17.7 Å². The number of carbonyl (C=O) groups is 2. The number of hydrogen-bond acceptors (Lipinski definition) is 4. The zero-order valence-electron chi connectivity index (χ0n) is 18.4. The summed E-state index contributed by atoms with van der Waals surface area (Å²) in [5.41, 5.74) is 2.16. The predicted octanol–water partition coefficient (Wildman–Crippen LogP) is 4.86. The van der Waals surface area contributed by atoms with Crippen LogP contribution in [-0.4, -0.2) is 30.3 Å². The van der Waals surface area contributed by atoms with Gasteiger partial charge in [-0.15, -0.1) is 0 Å². The van der Waals surface area contributed by atoms with Gasteiger partial charge in [-0.25, -0.2) is 4.79 Å². The van der Waals surface area contributed by atoms with Crippen molar-refractivity contribution in [2.45, 2.75) is 58.8 Å². The lowest BCUT2D eigenvalue weighted by atomic mass is 10.0. The third-order valence-electron chi connectivity index (χ3n) is 4.25. The Hall–Kier alpha value is -2.86. The molecule has 0 heterocycles. The van der Waals surface area contributed by atoms with Crippen molar-refractivity contribution in [2.24, 2.45) is 0 Å². The molecule has 6 heteroatoms. The first-order chi connectivity index (χ1) is 14.1. The van der Waals surface area contributed by atoms with Crippen LogP contribution in [0.3, 0.4) is 0 Å². The summed E-state index contributed by atoms with van der Waals surface area (Å²) < 4.78 is 11.0. The molecule has 1 atom stereocenters. The van der Waals surface area contributed by atoms with E-state index >= 15 is 0 Å². The number of amides is 2. The molecule has 2 amide bonds. The zero-order valence-corrected chi connectivity index (χ0v) is 18.4. The highest BCUT2D eigenvalue weighted by molar-refractivity contribution is 5.96. The number of benzene rings is 2. The van der Waals surface area contributed by atoms with Crippen LogP contribution in [0.1, 0.15) is 51.7 Å². The summed E-state index contributed by atoms with van der Waals surface area (Å²) >= 11 is 0. The second-order valence-electron chi connectivity index (χ2n) is 8.47. The lowest BCUT2D eigenvalue weighted by Gasteiger charge is -2.23. The number of rotatable bonds is 8. The van der Waals surface area contributed by atoms with Crippen LogP contribution < -0.4 is 10.6 Å². The summed E-state index contributed by atoms with van der Waals surface area (Å²) in [5, 5.41) is 5.45. The van der Waals surface area contributed by atoms with Crippen LogP contribution in [0.15, 0.2) is 54.6 Å². The first kappa shape index (κ1) is 23.4. The molecule has 0 saturated carbocycles. The Morgan fingerprint density at radius 1 is 0.967 bits per heavy atom. The Balaban J connectivity index is 2.02. The lowest BCUT2D eigenvalue weighted by molar-refractivity contribution is -0.119. The molecule has 162 valence electrons. The Morgan fingerprint density at radius 3 is 2.17 bits per heavy atom. The highest BCUT2D eigenvalue weighted by Crippen LogP contribution is 2.17. The summed E-state index contributed by atoms with van der Waals surface area (Å²) in [5.74, 6) is 0.0361. The van der Waals surface area contributed by atoms with Gasteiger partial charge in [0.1, 0.15) is 11.6 Å². The van der Waals surface area contributed by atoms with E-state index in [-0.39, 0.29) is 12.5 Å². The molecular formula is C24H32N2O4. The normalized spacial score (nSPS) is 12.3. The molecule has 2 rings (SSSR count). The van der Waals surface area contributed by atoms with E-state index in [0.717, 1.165) is 5.56 Å². The summed E-state index contributed by atoms with van der Waals surface area (Å²) in [6.07, 6.45) is -0.666. The van der Waals surface area contributed by atoms with E-state index in [4.69, 9.17) is 9.47 Å². The van der Waals surface area contributed by atoms with Gasteiger partial charge in [-0.2, -0.15) is 0 Å². The van der Waals surface area contributed by atoms with Crippen LogP contribution in [0.2, 0.25) is 0 Å². The molecule has 0 radical (unpaired) electrons. The maximum absolute atomic E-state index is 12.8. The van der Waals surface area contributed by atoms with Gasteiger partial charge in [-0.1, -0.05) is 56.3 Å². The molecule has 0 spiro atoms. The Kier molecular flexibility index (Phi) is 8.42. The third-order valence-corrected chi connectivity index (χ3v) is 4.25. The molecule has 0 saturated heterocycles. The summed E-state index contributed by atoms with van der Waals surface area (Å²) in [6.45, 7) is 9.88. The molecule has 0 aliphatic heterocycles. The Labute approximate surface area is 179 Å². The van der Waals surface area contributed by atoms with Crippen molar-refractivity contribution in [3.63, 3.8) is 0 Å². The van der Waals surface area contributed by atoms with Crippen LogP contribution >= 0.6 is 0 Å². The molecule has 0 fully saturated rings. The fourth-order valence-corrected chi connectivity index (χ4v) is 2.68. The van der Waals surface area contributed by atoms with Gasteiger partial charge in [-0.05, 0) is 49.9 Å². The smallest absolute Gasteiger partial charge is 0.408 e. The minimum absolute atomic E-state index is 0.0179. The van der Waals surface area contributed by atoms with Crippen molar-refractivity contribution in [2.75, 3.05) is 11.9 Å². The maximum Gasteiger partial charge on any atom is 0.408 e. The van der Waals surface area contributed by atoms with Gasteiger partial charge >= 0.3 is 6.09 Å². The van der Waals surface area contributed by atoms with Crippen LogP contribution in [0.25, 0.3) is 0 Å². The van der Waals surface area contributed by atoms with Crippen LogP contribution in [0.5, 0.6) is 0 Å². The van der Waals surface area contributed by atoms with Crippen molar-refractivity contribution in [1.82, 2.24) is 5.32 Å². The van der Waals surface area contributed by atoms with Crippen molar-refractivity contribution in [3.8, 4) is 0 Å². The van der Waals surface area contributed by atoms with Gasteiger partial charge in [0.25, 0.3) is 0 Å². The molecule has 6 nitrogen and oxygen atoms in total. The van der Waals surface area contributed by atoms with Gasteiger partial charge in [0, 0.05) is 5.69 Å². The van der Waals surface area contributed by atoms with Crippen LogP contribution in [0.4, 0.5) is 10.5 Å². The highest BCUT2D eigenvalue weighted by Gasteiger charge is 2.25. The Bertz CT molecular complexity index is 811. The third kappa shape index (κ3) is 8.25. The molecule has 1 unspecified atom stereocenters. The molecule has 0 aliphatic carbocycles. The Morgan fingerprint density at radius 2 is 1.60 bits per heavy atom. The summed E-state index contributed by atoms with van der Waals surface area (Å²) in [6, 6.07) is 16.4. The molecular weight excluding hydrogens is 380 g/mol. The number of alkyl carbamates (subject to hydrolysis) is 1. The van der Waals surface area contributed by atoms with E-state index in [2.05, 4.69) is 24.5 Å². The van der Waals surface area contributed by atoms with E-state index in [1.165, 1.54) is 5.56 Å². The van der Waals surface area contributed by atoms with Crippen molar-refractivity contribution in [1.29, 1.82) is 0 Å². The topological polar surface area (TPSA) is 76.7 Å². The monoisotopic (exact) mass is 412 g/mol. The van der Waals surface area contributed by atoms with Crippen LogP contribution in [-0.2, 0) is 20.9 Å². The molecule has 2 N–H and O–H groups in total. The largest absolute Gasteiger partial charge is 0.444 e. The minimum Gasteiger partial charge on any atom is -0.444 e. The van der Waals surface area contributed by atoms with Gasteiger partial charge in [0.05, 0.1) is 13.2 Å². The first-order valence-electron chi connectivity index (χ1n) is 10.2. The molecule has 30 heavy (non-hydrogen) atoms. The van der Waals surface area contributed by atoms with Crippen LogP contribution in [0, 0.1) is 0 Å². The lowest BCUT2D eigenvalue weighted by Crippen LogP contribution is -2.48. The second kappa shape index (κ2) is 10.8. The van der Waals surface area contributed by atoms with E-state index in [0.29, 0.717) is 18.2 Å². The molecule has 2 aromatic rings. The minimum atomic E-state index is -0.895. The summed E-state index contributed by atoms with van der Waals surface area (Å²) in [4.78, 5) is 25.0. The second-order valence-corrected chi connectivity index (χ2v) is 8.47. The summed E-state index contributed by atoms with van der Waals surface area (Å²) in [7, 11) is 0. The van der Waals surface area contributed by atoms with Crippen molar-refractivity contribution in [3.05, 3.63) is 65.7 Å². The number of ether oxygens (including phenoxy) is 2. The fraction of sp³-hybridized carbons (Fsp3) is 0.417. The van der Waals surface area contributed by atoms with Gasteiger partial charge in [0.2, 0.25) is 5.91 Å². The van der Waals surface area contributed by atoms with E-state index in [1.54, 1.807) is 20.8 Å². The number of carbonyl (C=O) groups excluding carboxylic acids is 2. The maximum atomic E-state index is 12.8. The quantitative estimate of drug-likeness (QED) is 0.649. The van der Waals surface area contributed by atoms with Gasteiger partial charge in [-0.3, -0.25) is 4.79 Å². The first-order valence-corrected chi connectivity index (χ1v) is 10.2. The number of nitrogens with one attached hydrogen (secondary N) is 2. The average Bonchev–Trinajstić information content (AvgIpc) is 2.67. The predicted molar refractivity (Wildman–Crippen MR) is 118 cm³/mol. The molecule has 0 bridgehead atoms. The molecule has 2 aromatic carbocycles. The fourth-order valence-electron chi connectivity index (χ4n) is 2.68. The molecule has 0 aromatic heterocycles. The van der Waals surface area contributed by atoms with Gasteiger partial charge in [0.15, 0.2) is 0 Å². The zero-order chi connectivity index (χ0) is 22.1.